The molecule has 1 N–H and O–H groups in total. The van der Waals surface area contributed by atoms with Crippen molar-refractivity contribution in [3.05, 3.63) is 30.1 Å². The Labute approximate surface area is 99.6 Å². The molecule has 16 heavy (non-hydrogen) atoms. The molecule has 0 saturated heterocycles. The first-order valence-electron chi connectivity index (χ1n) is 5.07. The number of nitrogens with one attached hydrogen (secondary N) is 1. The van der Waals surface area contributed by atoms with Gasteiger partial charge in [0.15, 0.2) is 0 Å². The van der Waals surface area contributed by atoms with Crippen LogP contribution in [0.3, 0.4) is 0 Å². The lowest BCUT2D eigenvalue weighted by molar-refractivity contribution is -0.119. The molecule has 0 radical (unpaired) electrons. The minimum Gasteiger partial charge on any atom is -0.351 e. The van der Waals surface area contributed by atoms with Gasteiger partial charge >= 0.3 is 0 Å². The van der Waals surface area contributed by atoms with E-state index in [0.29, 0.717) is 4.90 Å². The smallest absolute Gasteiger partial charge is 0.230 e. The number of carbonyl (C=O) groups excluding carboxylic acids is 1. The number of thioether (sulfide) groups is 1. The van der Waals surface area contributed by atoms with Gasteiger partial charge < -0.3 is 5.32 Å². The summed E-state index contributed by atoms with van der Waals surface area (Å²) in [7, 11) is 0. The predicted molar refractivity (Wildman–Crippen MR) is 65.0 cm³/mol. The number of benzene rings is 1. The topological polar surface area (TPSA) is 29.1 Å². The lowest BCUT2D eigenvalue weighted by Crippen LogP contribution is -2.41. The van der Waals surface area contributed by atoms with E-state index in [1.807, 2.05) is 20.8 Å². The summed E-state index contributed by atoms with van der Waals surface area (Å²) in [5.74, 6) is -0.130. The van der Waals surface area contributed by atoms with Gasteiger partial charge in [0.2, 0.25) is 5.91 Å². The molecule has 0 unspecified atom stereocenters. The highest BCUT2D eigenvalue weighted by Crippen LogP contribution is 2.20. The average molecular weight is 241 g/mol. The lowest BCUT2D eigenvalue weighted by atomic mass is 10.1. The van der Waals surface area contributed by atoms with Crippen molar-refractivity contribution < 1.29 is 9.18 Å². The molecule has 0 fully saturated rings. The van der Waals surface area contributed by atoms with E-state index in [0.717, 1.165) is 0 Å². The summed E-state index contributed by atoms with van der Waals surface area (Å²) in [6.07, 6.45) is 0. The van der Waals surface area contributed by atoms with Crippen LogP contribution >= 0.6 is 11.8 Å². The molecule has 0 aliphatic heterocycles. The van der Waals surface area contributed by atoms with E-state index in [9.17, 15) is 9.18 Å². The monoisotopic (exact) mass is 241 g/mol. The van der Waals surface area contributed by atoms with Gasteiger partial charge in [0, 0.05) is 10.4 Å². The molecule has 1 aromatic rings. The van der Waals surface area contributed by atoms with Crippen LogP contribution in [0.2, 0.25) is 0 Å². The van der Waals surface area contributed by atoms with Crippen molar-refractivity contribution in [1.29, 1.82) is 0 Å². The zero-order chi connectivity index (χ0) is 12.2. The first kappa shape index (κ1) is 13.0. The summed E-state index contributed by atoms with van der Waals surface area (Å²) in [6, 6.07) is 6.45. The lowest BCUT2D eigenvalue weighted by Gasteiger charge is -2.20. The third-order valence-electron chi connectivity index (χ3n) is 1.71. The van der Waals surface area contributed by atoms with Crippen molar-refractivity contribution in [1.82, 2.24) is 5.32 Å². The average Bonchev–Trinajstić information content (AvgIpc) is 2.14. The van der Waals surface area contributed by atoms with Gasteiger partial charge in [0.05, 0.1) is 5.75 Å². The summed E-state index contributed by atoms with van der Waals surface area (Å²) < 4.78 is 13.2. The quantitative estimate of drug-likeness (QED) is 0.824. The van der Waals surface area contributed by atoms with Gasteiger partial charge in [-0.2, -0.15) is 0 Å². The van der Waals surface area contributed by atoms with Gasteiger partial charge in [-0.1, -0.05) is 12.1 Å². The van der Waals surface area contributed by atoms with Gasteiger partial charge in [-0.3, -0.25) is 4.79 Å². The van der Waals surface area contributed by atoms with Crippen LogP contribution in [-0.4, -0.2) is 17.2 Å². The number of hydrogen-bond donors (Lipinski definition) is 1. The highest BCUT2D eigenvalue weighted by Gasteiger charge is 2.14. The summed E-state index contributed by atoms with van der Waals surface area (Å²) in [5.41, 5.74) is -0.243. The Morgan fingerprint density at radius 3 is 2.56 bits per heavy atom. The normalized spacial score (nSPS) is 11.2. The van der Waals surface area contributed by atoms with Crippen molar-refractivity contribution in [2.24, 2.45) is 0 Å². The van der Waals surface area contributed by atoms with Crippen LogP contribution in [0.4, 0.5) is 4.39 Å². The minimum atomic E-state index is -0.281. The maximum atomic E-state index is 13.2. The summed E-state index contributed by atoms with van der Waals surface area (Å²) in [6.45, 7) is 5.75. The van der Waals surface area contributed by atoms with E-state index in [2.05, 4.69) is 5.32 Å². The molecule has 1 amide bonds. The highest BCUT2D eigenvalue weighted by atomic mass is 32.2. The summed E-state index contributed by atoms with van der Waals surface area (Å²) in [4.78, 5) is 12.0. The van der Waals surface area contributed by atoms with Gasteiger partial charge in [0.25, 0.3) is 0 Å². The Balaban J connectivity index is 2.47. The van der Waals surface area contributed by atoms with Gasteiger partial charge in [-0.25, -0.2) is 4.39 Å². The highest BCUT2D eigenvalue weighted by molar-refractivity contribution is 8.00. The van der Waals surface area contributed by atoms with Crippen molar-refractivity contribution in [3.63, 3.8) is 0 Å². The van der Waals surface area contributed by atoms with Crippen LogP contribution in [0.1, 0.15) is 20.8 Å². The predicted octanol–water partition coefficient (Wildman–Crippen LogP) is 2.83. The molecule has 88 valence electrons. The first-order valence-corrected chi connectivity index (χ1v) is 6.05. The molecular formula is C12H16FNOS. The fourth-order valence-corrected chi connectivity index (χ4v) is 1.90. The van der Waals surface area contributed by atoms with E-state index < -0.39 is 0 Å². The number of rotatable bonds is 3. The minimum absolute atomic E-state index is 0.0826. The molecule has 0 saturated carbocycles. The van der Waals surface area contributed by atoms with E-state index in [1.165, 1.54) is 17.8 Å². The van der Waals surface area contributed by atoms with E-state index in [-0.39, 0.29) is 23.0 Å². The van der Waals surface area contributed by atoms with E-state index in [1.54, 1.807) is 18.2 Å². The fourth-order valence-electron chi connectivity index (χ4n) is 1.16. The Kier molecular flexibility index (Phi) is 4.35. The van der Waals surface area contributed by atoms with E-state index in [4.69, 9.17) is 0 Å². The molecule has 1 rings (SSSR count). The van der Waals surface area contributed by atoms with Crippen LogP contribution in [0.25, 0.3) is 0 Å². The molecule has 1 aromatic carbocycles. The van der Waals surface area contributed by atoms with Crippen molar-refractivity contribution >= 4 is 17.7 Å². The maximum Gasteiger partial charge on any atom is 0.230 e. The standard InChI is InChI=1S/C12H16FNOS/c1-12(2,3)14-11(15)8-16-10-7-5-4-6-9(10)13/h4-7H,8H2,1-3H3,(H,14,15). The van der Waals surface area contributed by atoms with Crippen LogP contribution in [-0.2, 0) is 4.79 Å². The van der Waals surface area contributed by atoms with Gasteiger partial charge in [-0.05, 0) is 32.9 Å². The summed E-state index contributed by atoms with van der Waals surface area (Å²) >= 11 is 1.21. The molecule has 0 spiro atoms. The first-order chi connectivity index (χ1) is 7.38. The zero-order valence-electron chi connectivity index (χ0n) is 9.71. The van der Waals surface area contributed by atoms with Crippen molar-refractivity contribution in [2.75, 3.05) is 5.75 Å². The van der Waals surface area contributed by atoms with Gasteiger partial charge in [0.1, 0.15) is 5.82 Å². The maximum absolute atomic E-state index is 13.2. The second kappa shape index (κ2) is 5.34. The SMILES string of the molecule is CC(C)(C)NC(=O)CSc1ccccc1F. The molecule has 0 bridgehead atoms. The molecule has 0 atom stereocenters. The third-order valence-corrected chi connectivity index (χ3v) is 2.76. The number of hydrogen-bond acceptors (Lipinski definition) is 2. The van der Waals surface area contributed by atoms with E-state index >= 15 is 0 Å². The zero-order valence-corrected chi connectivity index (χ0v) is 10.5. The number of amides is 1. The molecule has 2 nitrogen and oxygen atoms in total. The molecule has 0 heterocycles. The van der Waals surface area contributed by atoms with Crippen LogP contribution in [0, 0.1) is 5.82 Å². The Morgan fingerprint density at radius 2 is 2.00 bits per heavy atom. The fraction of sp³-hybridized carbons (Fsp3) is 0.417. The molecule has 0 aromatic heterocycles. The summed E-state index contributed by atoms with van der Waals surface area (Å²) in [5, 5.41) is 2.83. The molecule has 4 heteroatoms. The second-order valence-corrected chi connectivity index (χ2v) is 5.53. The van der Waals surface area contributed by atoms with Crippen molar-refractivity contribution in [2.45, 2.75) is 31.2 Å². The van der Waals surface area contributed by atoms with Crippen LogP contribution in [0.15, 0.2) is 29.2 Å². The Hall–Kier alpha value is -1.03. The Bertz CT molecular complexity index is 374. The number of carbonyl (C=O) groups is 1. The molecular weight excluding hydrogens is 225 g/mol. The van der Waals surface area contributed by atoms with Gasteiger partial charge in [-0.15, -0.1) is 11.8 Å². The largest absolute Gasteiger partial charge is 0.351 e. The molecule has 0 aliphatic rings. The second-order valence-electron chi connectivity index (χ2n) is 4.52. The van der Waals surface area contributed by atoms with Crippen LogP contribution < -0.4 is 5.32 Å². The molecule has 0 aliphatic carbocycles. The third kappa shape index (κ3) is 4.66. The van der Waals surface area contributed by atoms with Crippen molar-refractivity contribution in [3.8, 4) is 0 Å². The Morgan fingerprint density at radius 1 is 1.38 bits per heavy atom. The van der Waals surface area contributed by atoms with Crippen LogP contribution in [0.5, 0.6) is 0 Å². The number of halogens is 1.